The number of ketones is 1. The summed E-state index contributed by atoms with van der Waals surface area (Å²) in [5.74, 6) is -0.909. The summed E-state index contributed by atoms with van der Waals surface area (Å²) < 4.78 is 6.74. The highest BCUT2D eigenvalue weighted by molar-refractivity contribution is 6.34. The average Bonchev–Trinajstić information content (AvgIpc) is 2.88. The zero-order valence-corrected chi connectivity index (χ0v) is 13.6. The van der Waals surface area contributed by atoms with Gasteiger partial charge in [0.1, 0.15) is 0 Å². The number of hydrogen-bond acceptors (Lipinski definition) is 3. The number of halogens is 1. The van der Waals surface area contributed by atoms with Gasteiger partial charge in [0.15, 0.2) is 0 Å². The molecule has 0 fully saturated rings. The van der Waals surface area contributed by atoms with E-state index in [1.807, 2.05) is 0 Å². The topological polar surface area (TPSA) is 48.3 Å². The molecule has 0 N–H and O–H groups in total. The summed E-state index contributed by atoms with van der Waals surface area (Å²) in [4.78, 5) is 24.5. The van der Waals surface area contributed by atoms with E-state index in [1.165, 1.54) is 0 Å². The number of carbonyl (C=O) groups is 2. The normalized spacial score (nSPS) is 12.0. The van der Waals surface area contributed by atoms with Gasteiger partial charge in [-0.2, -0.15) is 0 Å². The van der Waals surface area contributed by atoms with Crippen molar-refractivity contribution in [1.82, 2.24) is 4.57 Å². The number of ether oxygens (including phenoxy) is 1. The second kappa shape index (κ2) is 6.79. The highest BCUT2D eigenvalue weighted by atomic mass is 35.5. The number of carbonyl (C=O) groups excluding carboxylic acids is 2. The minimum Gasteiger partial charge on any atom is -0.465 e. The van der Waals surface area contributed by atoms with E-state index < -0.39 is 5.92 Å². The van der Waals surface area contributed by atoms with Gasteiger partial charge in [-0.25, -0.2) is 0 Å². The molecule has 4 nitrogen and oxygen atoms in total. The summed E-state index contributed by atoms with van der Waals surface area (Å²) >= 11 is 6.08. The first-order valence-corrected chi connectivity index (χ1v) is 7.46. The Balaban J connectivity index is 2.34. The summed E-state index contributed by atoms with van der Waals surface area (Å²) in [6.07, 6.45) is 0. The lowest BCUT2D eigenvalue weighted by molar-refractivity contribution is -0.144. The van der Waals surface area contributed by atoms with E-state index in [4.69, 9.17) is 16.3 Å². The molecule has 0 aliphatic rings. The lowest BCUT2D eigenvalue weighted by Crippen LogP contribution is -2.17. The molecule has 116 valence electrons. The van der Waals surface area contributed by atoms with Gasteiger partial charge in [-0.1, -0.05) is 23.7 Å². The first kappa shape index (κ1) is 16.3. The minimum absolute atomic E-state index is 0.171. The molecule has 22 heavy (non-hydrogen) atoms. The van der Waals surface area contributed by atoms with Crippen molar-refractivity contribution < 1.29 is 14.3 Å². The lowest BCUT2D eigenvalue weighted by Gasteiger charge is -2.13. The molecule has 1 unspecified atom stereocenters. The molecule has 1 aromatic carbocycles. The van der Waals surface area contributed by atoms with Gasteiger partial charge in [0.2, 0.25) is 5.78 Å². The second-order valence-corrected chi connectivity index (χ2v) is 5.39. The Labute approximate surface area is 134 Å². The lowest BCUT2D eigenvalue weighted by atomic mass is 10.1. The van der Waals surface area contributed by atoms with Gasteiger partial charge in [-0.15, -0.1) is 0 Å². The molecule has 0 saturated carbocycles. The van der Waals surface area contributed by atoms with Gasteiger partial charge in [-0.05, 0) is 38.1 Å². The first-order chi connectivity index (χ1) is 10.5. The minimum atomic E-state index is -0.433. The predicted octanol–water partition coefficient (Wildman–Crippen LogP) is 3.58. The second-order valence-electron chi connectivity index (χ2n) is 4.99. The van der Waals surface area contributed by atoms with E-state index >= 15 is 0 Å². The van der Waals surface area contributed by atoms with Crippen LogP contribution in [-0.4, -0.2) is 22.9 Å². The Bertz CT molecular complexity index is 706. The molecule has 5 heteroatoms. The Kier molecular flexibility index (Phi) is 5.03. The molecule has 0 aliphatic heterocycles. The fourth-order valence-corrected chi connectivity index (χ4v) is 2.58. The molecule has 1 heterocycles. The van der Waals surface area contributed by atoms with Crippen LogP contribution >= 0.6 is 11.6 Å². The van der Waals surface area contributed by atoms with E-state index in [0.717, 1.165) is 5.69 Å². The van der Waals surface area contributed by atoms with Gasteiger partial charge in [0.25, 0.3) is 0 Å². The molecule has 0 amide bonds. The number of benzene rings is 1. The van der Waals surface area contributed by atoms with E-state index in [2.05, 4.69) is 0 Å². The number of aromatic nitrogens is 1. The molecule has 1 aromatic heterocycles. The molecule has 2 rings (SSSR count). The molecule has 0 spiro atoms. The number of esters is 1. The van der Waals surface area contributed by atoms with Crippen LogP contribution in [0.5, 0.6) is 0 Å². The Hall–Kier alpha value is -2.07. The maximum absolute atomic E-state index is 12.6. The maximum Gasteiger partial charge on any atom is 0.314 e. The molecule has 1 atom stereocenters. The smallest absolute Gasteiger partial charge is 0.314 e. The first-order valence-electron chi connectivity index (χ1n) is 7.08. The van der Waals surface area contributed by atoms with Crippen molar-refractivity contribution in [3.63, 3.8) is 0 Å². The van der Waals surface area contributed by atoms with Gasteiger partial charge in [0, 0.05) is 18.3 Å². The SMILES string of the molecule is CCOC(=O)C(C)c1ccc(C(=O)c2ccccc2Cl)n1C. The molecule has 0 radical (unpaired) electrons. The average molecular weight is 320 g/mol. The fourth-order valence-electron chi connectivity index (χ4n) is 2.36. The van der Waals surface area contributed by atoms with Crippen molar-refractivity contribution in [2.45, 2.75) is 19.8 Å². The van der Waals surface area contributed by atoms with Crippen molar-refractivity contribution in [2.75, 3.05) is 6.61 Å². The monoisotopic (exact) mass is 319 g/mol. The molecule has 0 aliphatic carbocycles. The van der Waals surface area contributed by atoms with Crippen molar-refractivity contribution in [1.29, 1.82) is 0 Å². The maximum atomic E-state index is 12.6. The zero-order valence-electron chi connectivity index (χ0n) is 12.8. The largest absolute Gasteiger partial charge is 0.465 e. The summed E-state index contributed by atoms with van der Waals surface area (Å²) in [6.45, 7) is 3.86. The van der Waals surface area contributed by atoms with E-state index in [0.29, 0.717) is 22.9 Å². The molecular weight excluding hydrogens is 302 g/mol. The molecule has 0 bridgehead atoms. The summed E-state index contributed by atoms with van der Waals surface area (Å²) in [5, 5.41) is 0.411. The van der Waals surface area contributed by atoms with E-state index in [-0.39, 0.29) is 11.8 Å². The van der Waals surface area contributed by atoms with Gasteiger partial charge in [-0.3, -0.25) is 9.59 Å². The van der Waals surface area contributed by atoms with Crippen molar-refractivity contribution >= 4 is 23.4 Å². The predicted molar refractivity (Wildman–Crippen MR) is 85.3 cm³/mol. The van der Waals surface area contributed by atoms with Crippen LogP contribution in [0.3, 0.4) is 0 Å². The van der Waals surface area contributed by atoms with Crippen LogP contribution in [-0.2, 0) is 16.6 Å². The summed E-state index contributed by atoms with van der Waals surface area (Å²) in [5.41, 5.74) is 1.66. The third-order valence-electron chi connectivity index (χ3n) is 3.60. The third-order valence-corrected chi connectivity index (χ3v) is 3.93. The highest BCUT2D eigenvalue weighted by Gasteiger charge is 2.23. The Morgan fingerprint density at radius 3 is 2.55 bits per heavy atom. The van der Waals surface area contributed by atoms with Crippen LogP contribution in [0.25, 0.3) is 0 Å². The standard InChI is InChI=1S/C17H18ClNO3/c1-4-22-17(21)11(2)14-9-10-15(19(14)3)16(20)12-7-5-6-8-13(12)18/h5-11H,4H2,1-3H3. The third kappa shape index (κ3) is 3.07. The Morgan fingerprint density at radius 1 is 1.23 bits per heavy atom. The van der Waals surface area contributed by atoms with Crippen LogP contribution in [0.4, 0.5) is 0 Å². The van der Waals surface area contributed by atoms with Crippen molar-refractivity contribution in [3.05, 3.63) is 58.4 Å². The Morgan fingerprint density at radius 2 is 1.91 bits per heavy atom. The van der Waals surface area contributed by atoms with Crippen LogP contribution < -0.4 is 0 Å². The molecule has 0 saturated heterocycles. The number of hydrogen-bond donors (Lipinski definition) is 0. The van der Waals surface area contributed by atoms with Gasteiger partial charge < -0.3 is 9.30 Å². The van der Waals surface area contributed by atoms with E-state index in [1.54, 1.807) is 61.9 Å². The van der Waals surface area contributed by atoms with Gasteiger partial charge in [0.05, 0.1) is 23.2 Å². The number of rotatable bonds is 5. The van der Waals surface area contributed by atoms with Crippen LogP contribution in [0.15, 0.2) is 36.4 Å². The number of nitrogens with zero attached hydrogens (tertiary/aromatic N) is 1. The van der Waals surface area contributed by atoms with Crippen molar-refractivity contribution in [3.8, 4) is 0 Å². The summed E-state index contributed by atoms with van der Waals surface area (Å²) in [6, 6.07) is 10.4. The fraction of sp³-hybridized carbons (Fsp3) is 0.294. The molecular formula is C17H18ClNO3. The van der Waals surface area contributed by atoms with Crippen molar-refractivity contribution in [2.24, 2.45) is 7.05 Å². The van der Waals surface area contributed by atoms with Crippen LogP contribution in [0.2, 0.25) is 5.02 Å². The highest BCUT2D eigenvalue weighted by Crippen LogP contribution is 2.23. The molecule has 2 aromatic rings. The van der Waals surface area contributed by atoms with Crippen LogP contribution in [0, 0.1) is 0 Å². The van der Waals surface area contributed by atoms with Crippen LogP contribution in [0.1, 0.15) is 41.5 Å². The quantitative estimate of drug-likeness (QED) is 0.625. The van der Waals surface area contributed by atoms with Gasteiger partial charge >= 0.3 is 5.97 Å². The zero-order chi connectivity index (χ0) is 16.3. The van der Waals surface area contributed by atoms with E-state index in [9.17, 15) is 9.59 Å². The summed E-state index contributed by atoms with van der Waals surface area (Å²) in [7, 11) is 1.76.